The Labute approximate surface area is 200 Å². The summed E-state index contributed by atoms with van der Waals surface area (Å²) >= 11 is 8.90. The molecule has 7 nitrogen and oxygen atoms in total. The number of aromatic nitrogens is 2. The van der Waals surface area contributed by atoms with Crippen molar-refractivity contribution in [3.05, 3.63) is 53.6 Å². The standard InChI is InChI=1S/C22H24ClN5O2S2/c1-4-13(2)18(25-21(30)24-16-8-10-17(31-3)11-9-16)19(29)26-22-28-27-20(32-22)14-6-5-7-15(23)12-14/h5-13,18H,4H2,1-3H3,(H2,24,25,30)(H,26,28,29)/t13-,18-/m1/s1. The first-order chi connectivity index (χ1) is 15.4. The second-order valence-electron chi connectivity index (χ2n) is 7.10. The predicted octanol–water partition coefficient (Wildman–Crippen LogP) is 5.76. The van der Waals surface area contributed by atoms with E-state index in [9.17, 15) is 9.59 Å². The van der Waals surface area contributed by atoms with Crippen molar-refractivity contribution >= 4 is 57.5 Å². The molecule has 0 spiro atoms. The Morgan fingerprint density at radius 1 is 1.12 bits per heavy atom. The number of hydrogen-bond donors (Lipinski definition) is 3. The minimum absolute atomic E-state index is 0.0834. The highest BCUT2D eigenvalue weighted by atomic mass is 35.5. The van der Waals surface area contributed by atoms with Gasteiger partial charge in [0.15, 0.2) is 0 Å². The topological polar surface area (TPSA) is 96.0 Å². The van der Waals surface area contributed by atoms with Crippen LogP contribution in [0.25, 0.3) is 10.6 Å². The summed E-state index contributed by atoms with van der Waals surface area (Å²) in [6.45, 7) is 3.88. The summed E-state index contributed by atoms with van der Waals surface area (Å²) in [5.41, 5.74) is 1.47. The highest BCUT2D eigenvalue weighted by Gasteiger charge is 2.27. The fraction of sp³-hybridized carbons (Fsp3) is 0.273. The Bertz CT molecular complexity index is 1070. The lowest BCUT2D eigenvalue weighted by Crippen LogP contribution is -2.49. The Hall–Kier alpha value is -2.62. The summed E-state index contributed by atoms with van der Waals surface area (Å²) in [5, 5.41) is 18.1. The van der Waals surface area contributed by atoms with Gasteiger partial charge in [0, 0.05) is 21.2 Å². The van der Waals surface area contributed by atoms with E-state index >= 15 is 0 Å². The third-order valence-corrected chi connectivity index (χ3v) is 6.72. The fourth-order valence-electron chi connectivity index (χ4n) is 2.88. The molecule has 0 aliphatic carbocycles. The van der Waals surface area contributed by atoms with Crippen LogP contribution in [0.1, 0.15) is 20.3 Å². The number of thioether (sulfide) groups is 1. The summed E-state index contributed by atoms with van der Waals surface area (Å²) in [5.74, 6) is -0.430. The maximum Gasteiger partial charge on any atom is 0.319 e. The number of carbonyl (C=O) groups is 2. The van der Waals surface area contributed by atoms with Gasteiger partial charge in [0.1, 0.15) is 11.0 Å². The van der Waals surface area contributed by atoms with Crippen molar-refractivity contribution in [2.24, 2.45) is 5.92 Å². The number of anilines is 2. The second kappa shape index (κ2) is 11.3. The molecule has 0 radical (unpaired) electrons. The van der Waals surface area contributed by atoms with Crippen LogP contribution in [0.15, 0.2) is 53.4 Å². The van der Waals surface area contributed by atoms with E-state index in [4.69, 9.17) is 11.6 Å². The number of carbonyl (C=O) groups excluding carboxylic acids is 2. The van der Waals surface area contributed by atoms with Crippen LogP contribution >= 0.6 is 34.7 Å². The highest BCUT2D eigenvalue weighted by molar-refractivity contribution is 7.98. The number of benzene rings is 2. The minimum Gasteiger partial charge on any atom is -0.326 e. The van der Waals surface area contributed by atoms with Crippen LogP contribution in [0.4, 0.5) is 15.6 Å². The molecule has 1 heterocycles. The maximum atomic E-state index is 12.9. The molecule has 3 amide bonds. The molecular weight excluding hydrogens is 466 g/mol. The molecule has 168 valence electrons. The van der Waals surface area contributed by atoms with Crippen molar-refractivity contribution in [1.29, 1.82) is 0 Å². The predicted molar refractivity (Wildman–Crippen MR) is 133 cm³/mol. The maximum absolute atomic E-state index is 12.9. The Morgan fingerprint density at radius 2 is 1.88 bits per heavy atom. The SMILES string of the molecule is CC[C@@H](C)[C@@H](NC(=O)Nc1ccc(SC)cc1)C(=O)Nc1nnc(-c2cccc(Cl)c2)s1. The summed E-state index contributed by atoms with van der Waals surface area (Å²) < 4.78 is 0. The van der Waals surface area contributed by atoms with Crippen molar-refractivity contribution in [1.82, 2.24) is 15.5 Å². The zero-order chi connectivity index (χ0) is 23.1. The lowest BCUT2D eigenvalue weighted by molar-refractivity contribution is -0.119. The van der Waals surface area contributed by atoms with Gasteiger partial charge in [-0.1, -0.05) is 55.3 Å². The van der Waals surface area contributed by atoms with Gasteiger partial charge in [-0.3, -0.25) is 10.1 Å². The highest BCUT2D eigenvalue weighted by Crippen LogP contribution is 2.28. The van der Waals surface area contributed by atoms with Gasteiger partial charge in [0.25, 0.3) is 0 Å². The van der Waals surface area contributed by atoms with E-state index in [2.05, 4.69) is 26.1 Å². The first-order valence-corrected chi connectivity index (χ1v) is 12.4. The zero-order valence-corrected chi connectivity index (χ0v) is 20.3. The van der Waals surface area contributed by atoms with Crippen LogP contribution < -0.4 is 16.0 Å². The summed E-state index contributed by atoms with van der Waals surface area (Å²) in [6.07, 6.45) is 2.70. The van der Waals surface area contributed by atoms with Gasteiger partial charge in [0.2, 0.25) is 11.0 Å². The van der Waals surface area contributed by atoms with E-state index in [0.29, 0.717) is 27.3 Å². The van der Waals surface area contributed by atoms with Crippen LogP contribution in [-0.4, -0.2) is 34.4 Å². The molecule has 0 saturated carbocycles. The zero-order valence-electron chi connectivity index (χ0n) is 17.9. The molecule has 2 atom stereocenters. The third-order valence-electron chi connectivity index (χ3n) is 4.86. The lowest BCUT2D eigenvalue weighted by atomic mass is 9.98. The average molecular weight is 490 g/mol. The van der Waals surface area contributed by atoms with Gasteiger partial charge in [0.05, 0.1) is 0 Å². The van der Waals surface area contributed by atoms with Crippen LogP contribution in [0.2, 0.25) is 5.02 Å². The van der Waals surface area contributed by atoms with Gasteiger partial charge in [-0.25, -0.2) is 4.79 Å². The van der Waals surface area contributed by atoms with Crippen LogP contribution in [0, 0.1) is 5.92 Å². The fourth-order valence-corrected chi connectivity index (χ4v) is 4.22. The molecule has 32 heavy (non-hydrogen) atoms. The van der Waals surface area contributed by atoms with Gasteiger partial charge in [-0.05, 0) is 48.6 Å². The average Bonchev–Trinajstić information content (AvgIpc) is 3.26. The van der Waals surface area contributed by atoms with Gasteiger partial charge in [-0.15, -0.1) is 22.0 Å². The first-order valence-electron chi connectivity index (χ1n) is 10.0. The van der Waals surface area contributed by atoms with Crippen molar-refractivity contribution in [3.8, 4) is 10.6 Å². The van der Waals surface area contributed by atoms with E-state index < -0.39 is 12.1 Å². The largest absolute Gasteiger partial charge is 0.326 e. The Morgan fingerprint density at radius 3 is 2.53 bits per heavy atom. The third kappa shape index (κ3) is 6.44. The molecule has 0 aliphatic heterocycles. The summed E-state index contributed by atoms with van der Waals surface area (Å²) in [4.78, 5) is 26.6. The Balaban J connectivity index is 1.66. The molecule has 2 aromatic carbocycles. The molecule has 10 heteroatoms. The van der Waals surface area contributed by atoms with Crippen molar-refractivity contribution in [2.45, 2.75) is 31.2 Å². The molecule has 0 bridgehead atoms. The molecule has 0 saturated heterocycles. The molecule has 1 aromatic heterocycles. The molecule has 3 aromatic rings. The number of amides is 3. The number of hydrogen-bond acceptors (Lipinski definition) is 6. The van der Waals surface area contributed by atoms with Crippen molar-refractivity contribution in [3.63, 3.8) is 0 Å². The van der Waals surface area contributed by atoms with E-state index in [1.165, 1.54) is 11.3 Å². The molecule has 0 aliphatic rings. The molecule has 3 N–H and O–H groups in total. The van der Waals surface area contributed by atoms with Crippen molar-refractivity contribution in [2.75, 3.05) is 16.9 Å². The van der Waals surface area contributed by atoms with Gasteiger partial charge >= 0.3 is 6.03 Å². The van der Waals surface area contributed by atoms with E-state index in [-0.39, 0.29) is 11.8 Å². The monoisotopic (exact) mass is 489 g/mol. The van der Waals surface area contributed by atoms with Crippen LogP contribution in [0.3, 0.4) is 0 Å². The number of urea groups is 1. The van der Waals surface area contributed by atoms with Crippen LogP contribution in [-0.2, 0) is 4.79 Å². The second-order valence-corrected chi connectivity index (χ2v) is 9.40. The van der Waals surface area contributed by atoms with Gasteiger partial charge in [-0.2, -0.15) is 0 Å². The number of rotatable bonds is 8. The molecular formula is C22H24ClN5O2S2. The quantitative estimate of drug-likeness (QED) is 0.350. The number of halogens is 1. The molecule has 0 fully saturated rings. The number of nitrogens with zero attached hydrogens (tertiary/aromatic N) is 2. The van der Waals surface area contributed by atoms with E-state index in [0.717, 1.165) is 10.5 Å². The molecule has 0 unspecified atom stereocenters. The normalized spacial score (nSPS) is 12.6. The molecule has 3 rings (SSSR count). The van der Waals surface area contributed by atoms with Crippen LogP contribution in [0.5, 0.6) is 0 Å². The van der Waals surface area contributed by atoms with Crippen molar-refractivity contribution < 1.29 is 9.59 Å². The lowest BCUT2D eigenvalue weighted by Gasteiger charge is -2.23. The number of nitrogens with one attached hydrogen (secondary N) is 3. The smallest absolute Gasteiger partial charge is 0.319 e. The summed E-state index contributed by atoms with van der Waals surface area (Å²) in [6, 6.07) is 13.6. The minimum atomic E-state index is -0.732. The van der Waals surface area contributed by atoms with Gasteiger partial charge < -0.3 is 10.6 Å². The van der Waals surface area contributed by atoms with E-state index in [1.54, 1.807) is 23.9 Å². The Kier molecular flexibility index (Phi) is 8.49. The summed E-state index contributed by atoms with van der Waals surface area (Å²) in [7, 11) is 0. The first kappa shape index (κ1) is 24.0. The van der Waals surface area contributed by atoms with E-state index in [1.807, 2.05) is 56.5 Å².